The largest absolute Gasteiger partial charge is 0.497 e. The van der Waals surface area contributed by atoms with Crippen LogP contribution in [0.15, 0.2) is 72.8 Å². The molecular formula is C39H45N3O7. The number of hydrogen-bond donors (Lipinski definition) is 1. The first-order chi connectivity index (χ1) is 23.6. The third-order valence-corrected chi connectivity index (χ3v) is 11.4. The number of hydrogen-bond acceptors (Lipinski definition) is 7. The highest BCUT2D eigenvalue weighted by Crippen LogP contribution is 2.60. The molecule has 4 heterocycles. The van der Waals surface area contributed by atoms with Gasteiger partial charge in [-0.2, -0.15) is 0 Å². The fourth-order valence-electron chi connectivity index (χ4n) is 8.86. The summed E-state index contributed by atoms with van der Waals surface area (Å²) in [7, 11) is 1.64. The van der Waals surface area contributed by atoms with Crippen LogP contribution in [0, 0.1) is 11.8 Å². The van der Waals surface area contributed by atoms with Crippen LogP contribution in [0.1, 0.15) is 56.7 Å². The van der Waals surface area contributed by atoms with Gasteiger partial charge in [0, 0.05) is 29.6 Å². The predicted octanol–water partition coefficient (Wildman–Crippen LogP) is 5.40. The highest BCUT2D eigenvalue weighted by Gasteiger charge is 2.66. The van der Waals surface area contributed by atoms with Crippen molar-refractivity contribution in [1.29, 1.82) is 0 Å². The van der Waals surface area contributed by atoms with Gasteiger partial charge >= 0.3 is 6.09 Å². The maximum Gasteiger partial charge on any atom is 0.414 e. The summed E-state index contributed by atoms with van der Waals surface area (Å²) in [4.78, 5) is 46.2. The average Bonchev–Trinajstić information content (AvgIpc) is 3.88. The molecule has 3 amide bonds. The zero-order chi connectivity index (χ0) is 34.5. The van der Waals surface area contributed by atoms with Crippen LogP contribution in [0.5, 0.6) is 5.75 Å². The van der Waals surface area contributed by atoms with Crippen molar-refractivity contribution in [3.8, 4) is 5.75 Å². The lowest BCUT2D eigenvalue weighted by atomic mass is 9.63. The maximum atomic E-state index is 15.0. The van der Waals surface area contributed by atoms with Crippen molar-refractivity contribution in [2.24, 2.45) is 11.8 Å². The summed E-state index contributed by atoms with van der Waals surface area (Å²) in [6.07, 6.45) is 0.827. The first-order valence-electron chi connectivity index (χ1n) is 17.3. The molecule has 10 nitrogen and oxygen atoms in total. The molecule has 4 aliphatic rings. The number of aliphatic hydroxyl groups is 1. The monoisotopic (exact) mass is 667 g/mol. The summed E-state index contributed by atoms with van der Waals surface area (Å²) >= 11 is 0. The van der Waals surface area contributed by atoms with Gasteiger partial charge in [0.1, 0.15) is 12.4 Å². The Morgan fingerprint density at radius 3 is 2.43 bits per heavy atom. The number of fused-ring (bicyclic) bond motifs is 2. The normalized spacial score (nSPS) is 26.5. The first kappa shape index (κ1) is 33.1. The van der Waals surface area contributed by atoms with Gasteiger partial charge in [0.25, 0.3) is 5.91 Å². The number of anilines is 2. The second-order valence-corrected chi connectivity index (χ2v) is 14.3. The molecule has 3 fully saturated rings. The second kappa shape index (κ2) is 12.8. The van der Waals surface area contributed by atoms with Gasteiger partial charge in [0.2, 0.25) is 5.91 Å². The minimum atomic E-state index is -1.30. The van der Waals surface area contributed by atoms with E-state index in [9.17, 15) is 19.5 Å². The predicted molar refractivity (Wildman–Crippen MR) is 184 cm³/mol. The van der Waals surface area contributed by atoms with E-state index < -0.39 is 17.1 Å². The van der Waals surface area contributed by atoms with Crippen molar-refractivity contribution in [2.45, 2.75) is 69.7 Å². The van der Waals surface area contributed by atoms with Crippen molar-refractivity contribution in [2.75, 3.05) is 43.2 Å². The quantitative estimate of drug-likeness (QED) is 0.326. The van der Waals surface area contributed by atoms with Gasteiger partial charge in [0.05, 0.1) is 51.1 Å². The SMILES string of the molecule is COc1ccc(C(C)(C)[C@@H]2[C@@H](CC(=O)N3CCC[C@H]3CO)O[C@]3(C(=O)N(Cc4ccc(N5CCOC5=O)cc4)c4ccccc43)[C@H]2C)cc1. The third-order valence-electron chi connectivity index (χ3n) is 11.4. The van der Waals surface area contributed by atoms with Crippen molar-refractivity contribution >= 4 is 29.3 Å². The van der Waals surface area contributed by atoms with Gasteiger partial charge in [-0.1, -0.05) is 63.2 Å². The Morgan fingerprint density at radius 1 is 1.02 bits per heavy atom. The topological polar surface area (TPSA) is 109 Å². The van der Waals surface area contributed by atoms with Gasteiger partial charge in [-0.15, -0.1) is 0 Å². The Hall–Kier alpha value is -4.41. The second-order valence-electron chi connectivity index (χ2n) is 14.3. The molecule has 0 bridgehead atoms. The lowest BCUT2D eigenvalue weighted by Crippen LogP contribution is -2.45. The molecule has 258 valence electrons. The molecule has 0 radical (unpaired) electrons. The van der Waals surface area contributed by atoms with Gasteiger partial charge in [-0.3, -0.25) is 14.5 Å². The molecule has 1 N–H and O–H groups in total. The van der Waals surface area contributed by atoms with Gasteiger partial charge < -0.3 is 29.1 Å². The molecule has 3 aromatic carbocycles. The highest BCUT2D eigenvalue weighted by atomic mass is 16.6. The molecule has 0 aliphatic carbocycles. The van der Waals surface area contributed by atoms with Crippen LogP contribution >= 0.6 is 0 Å². The number of rotatable bonds is 9. The van der Waals surface area contributed by atoms with E-state index in [1.54, 1.807) is 21.8 Å². The molecule has 4 aliphatic heterocycles. The van der Waals surface area contributed by atoms with E-state index in [-0.39, 0.29) is 48.8 Å². The molecule has 0 aromatic heterocycles. The zero-order valence-corrected chi connectivity index (χ0v) is 28.6. The van der Waals surface area contributed by atoms with Crippen LogP contribution in [0.3, 0.4) is 0 Å². The number of carbonyl (C=O) groups excluding carboxylic acids is 3. The number of likely N-dealkylation sites (tertiary alicyclic amines) is 1. The van der Waals surface area contributed by atoms with Crippen molar-refractivity contribution in [3.63, 3.8) is 0 Å². The molecule has 10 heteroatoms. The number of benzene rings is 3. The van der Waals surface area contributed by atoms with Gasteiger partial charge in [0.15, 0.2) is 5.60 Å². The Kier molecular flexibility index (Phi) is 8.65. The minimum Gasteiger partial charge on any atom is -0.497 e. The summed E-state index contributed by atoms with van der Waals surface area (Å²) in [5.74, 6) is 0.0481. The minimum absolute atomic E-state index is 0.0566. The van der Waals surface area contributed by atoms with Crippen LogP contribution < -0.4 is 14.5 Å². The summed E-state index contributed by atoms with van der Waals surface area (Å²) < 4.78 is 17.6. The third kappa shape index (κ3) is 5.45. The molecule has 3 saturated heterocycles. The molecule has 0 saturated carbocycles. The van der Waals surface area contributed by atoms with Crippen LogP contribution in [0.2, 0.25) is 0 Å². The van der Waals surface area contributed by atoms with E-state index in [0.717, 1.165) is 46.7 Å². The van der Waals surface area contributed by atoms with Gasteiger partial charge in [-0.25, -0.2) is 4.79 Å². The summed E-state index contributed by atoms with van der Waals surface area (Å²) in [6, 6.07) is 23.3. The van der Waals surface area contributed by atoms with Gasteiger partial charge in [-0.05, 0) is 59.7 Å². The molecular weight excluding hydrogens is 622 g/mol. The van der Waals surface area contributed by atoms with E-state index >= 15 is 0 Å². The molecule has 49 heavy (non-hydrogen) atoms. The number of ether oxygens (including phenoxy) is 3. The Labute approximate surface area is 287 Å². The fourth-order valence-corrected chi connectivity index (χ4v) is 8.86. The Morgan fingerprint density at radius 2 is 1.76 bits per heavy atom. The summed E-state index contributed by atoms with van der Waals surface area (Å²) in [6.45, 7) is 8.16. The number of methoxy groups -OCH3 is 1. The van der Waals surface area contributed by atoms with E-state index in [1.165, 1.54) is 0 Å². The standard InChI is InChI=1S/C39H45N3O7/c1-25-35(38(2,3)27-13-17-30(47-4)18-14-27)33(22-34(44)40-19-7-8-29(40)24-43)49-39(25)31-9-5-6-10-32(31)42(36(39)45)23-26-11-15-28(16-12-26)41-20-21-48-37(41)46/h5-6,9-18,25,29,33,35,43H,7-8,19-24H2,1-4H3/t25-,29-,33+,35-,39+/m0/s1. The van der Waals surface area contributed by atoms with Crippen LogP contribution in [-0.4, -0.2) is 73.5 Å². The zero-order valence-electron chi connectivity index (χ0n) is 28.6. The van der Waals surface area contributed by atoms with E-state index in [4.69, 9.17) is 14.2 Å². The lowest BCUT2D eigenvalue weighted by Gasteiger charge is -2.39. The lowest BCUT2D eigenvalue weighted by molar-refractivity contribution is -0.150. The maximum absolute atomic E-state index is 15.0. The number of aliphatic hydroxyl groups excluding tert-OH is 1. The number of cyclic esters (lactones) is 1. The fraction of sp³-hybridized carbons (Fsp3) is 0.462. The summed E-state index contributed by atoms with van der Waals surface area (Å²) in [5, 5.41) is 10.00. The van der Waals surface area contributed by atoms with Crippen molar-refractivity contribution in [3.05, 3.63) is 89.5 Å². The molecule has 7 rings (SSSR count). The average molecular weight is 668 g/mol. The Balaban J connectivity index is 1.24. The number of para-hydroxylation sites is 1. The number of nitrogens with zero attached hydrogens (tertiary/aromatic N) is 3. The highest BCUT2D eigenvalue weighted by molar-refractivity contribution is 6.07. The van der Waals surface area contributed by atoms with Crippen molar-refractivity contribution < 1.29 is 33.7 Å². The van der Waals surface area contributed by atoms with Crippen molar-refractivity contribution in [1.82, 2.24) is 4.90 Å². The summed E-state index contributed by atoms with van der Waals surface area (Å²) in [5.41, 5.74) is 2.54. The molecule has 1 spiro atoms. The molecule has 5 atom stereocenters. The van der Waals surface area contributed by atoms with E-state index in [1.807, 2.05) is 60.7 Å². The van der Waals surface area contributed by atoms with Crippen LogP contribution in [-0.2, 0) is 36.6 Å². The van der Waals surface area contributed by atoms with Crippen LogP contribution in [0.4, 0.5) is 16.2 Å². The number of carbonyl (C=O) groups is 3. The smallest absolute Gasteiger partial charge is 0.414 e. The number of amides is 3. The first-order valence-corrected chi connectivity index (χ1v) is 17.3. The van der Waals surface area contributed by atoms with E-state index in [0.29, 0.717) is 26.2 Å². The van der Waals surface area contributed by atoms with E-state index in [2.05, 4.69) is 32.9 Å². The Bertz CT molecular complexity index is 1730. The van der Waals surface area contributed by atoms with Crippen LogP contribution in [0.25, 0.3) is 0 Å². The molecule has 3 aromatic rings. The molecule has 0 unspecified atom stereocenters.